The summed E-state index contributed by atoms with van der Waals surface area (Å²) in [6.07, 6.45) is 3.06. The average Bonchev–Trinajstić information content (AvgIpc) is 3.37. The number of ether oxygens (including phenoxy) is 1. The maximum atomic E-state index is 12.0. The first kappa shape index (κ1) is 19.1. The Morgan fingerprint density at radius 1 is 1.11 bits per heavy atom. The maximum absolute atomic E-state index is 12.0. The van der Waals surface area contributed by atoms with Crippen LogP contribution in [-0.2, 0) is 20.9 Å². The molecule has 0 aliphatic carbocycles. The molecule has 0 bridgehead atoms. The van der Waals surface area contributed by atoms with Gasteiger partial charge in [0.2, 0.25) is 0 Å². The normalized spacial score (nSPS) is 10.9. The molecule has 0 atom stereocenters. The molecular formula is C21H19NO3S2. The largest absolute Gasteiger partial charge is 0.452 e. The highest BCUT2D eigenvalue weighted by Gasteiger charge is 2.11. The predicted molar refractivity (Wildman–Crippen MR) is 111 cm³/mol. The lowest BCUT2D eigenvalue weighted by Crippen LogP contribution is -2.30. The molecule has 3 rings (SSSR count). The molecule has 0 saturated carbocycles. The quantitative estimate of drug-likeness (QED) is 0.429. The zero-order valence-corrected chi connectivity index (χ0v) is 16.5. The summed E-state index contributed by atoms with van der Waals surface area (Å²) in [7, 11) is 1.69. The van der Waals surface area contributed by atoms with Crippen molar-refractivity contribution in [2.45, 2.75) is 6.54 Å². The van der Waals surface area contributed by atoms with E-state index in [0.717, 1.165) is 20.9 Å². The van der Waals surface area contributed by atoms with Gasteiger partial charge < -0.3 is 9.64 Å². The van der Waals surface area contributed by atoms with Crippen LogP contribution in [0.3, 0.4) is 0 Å². The molecule has 0 aliphatic rings. The van der Waals surface area contributed by atoms with Crippen LogP contribution in [-0.4, -0.2) is 30.4 Å². The third-order valence-corrected chi connectivity index (χ3v) is 5.66. The maximum Gasteiger partial charge on any atom is 0.331 e. The van der Waals surface area contributed by atoms with Crippen LogP contribution in [0.5, 0.6) is 0 Å². The van der Waals surface area contributed by atoms with Gasteiger partial charge in [-0.25, -0.2) is 4.79 Å². The highest BCUT2D eigenvalue weighted by molar-refractivity contribution is 7.16. The van der Waals surface area contributed by atoms with Gasteiger partial charge in [0.1, 0.15) is 0 Å². The second-order valence-corrected chi connectivity index (χ2v) is 7.79. The van der Waals surface area contributed by atoms with Crippen LogP contribution < -0.4 is 0 Å². The Hall–Kier alpha value is -2.70. The SMILES string of the molecule is CN(Cc1ccsc1)C(=O)COC(=O)/C=C/c1ccc(-c2ccccc2)s1. The highest BCUT2D eigenvalue weighted by atomic mass is 32.1. The van der Waals surface area contributed by atoms with E-state index in [9.17, 15) is 9.59 Å². The standard InChI is InChI=1S/C21H19NO3S2/c1-22(13-16-11-12-26-15-16)20(23)14-25-21(24)10-8-18-7-9-19(27-18)17-5-3-2-4-6-17/h2-12,15H,13-14H2,1H3/b10-8+. The third kappa shape index (κ3) is 5.64. The fourth-order valence-corrected chi connectivity index (χ4v) is 3.96. The van der Waals surface area contributed by atoms with Crippen molar-refractivity contribution < 1.29 is 14.3 Å². The molecule has 1 amide bonds. The van der Waals surface area contributed by atoms with Crippen molar-refractivity contribution in [2.75, 3.05) is 13.7 Å². The Bertz CT molecular complexity index is 914. The Morgan fingerprint density at radius 3 is 2.67 bits per heavy atom. The molecule has 138 valence electrons. The van der Waals surface area contributed by atoms with Gasteiger partial charge in [0.25, 0.3) is 5.91 Å². The smallest absolute Gasteiger partial charge is 0.331 e. The van der Waals surface area contributed by atoms with Gasteiger partial charge in [0.05, 0.1) is 0 Å². The molecule has 1 aromatic carbocycles. The first-order valence-electron chi connectivity index (χ1n) is 8.37. The van der Waals surface area contributed by atoms with Crippen molar-refractivity contribution in [1.82, 2.24) is 4.90 Å². The number of carbonyl (C=O) groups is 2. The molecule has 0 aliphatic heterocycles. The molecule has 0 fully saturated rings. The van der Waals surface area contributed by atoms with E-state index in [4.69, 9.17) is 4.74 Å². The van der Waals surface area contributed by atoms with Crippen LogP contribution in [0.15, 0.2) is 65.4 Å². The summed E-state index contributed by atoms with van der Waals surface area (Å²) < 4.78 is 5.05. The van der Waals surface area contributed by atoms with E-state index in [0.29, 0.717) is 6.54 Å². The zero-order valence-electron chi connectivity index (χ0n) is 14.8. The van der Waals surface area contributed by atoms with Gasteiger partial charge in [-0.3, -0.25) is 4.79 Å². The van der Waals surface area contributed by atoms with E-state index in [2.05, 4.69) is 0 Å². The van der Waals surface area contributed by atoms with Gasteiger partial charge in [0.15, 0.2) is 6.61 Å². The number of thiophene rings is 2. The van der Waals surface area contributed by atoms with Gasteiger partial charge in [-0.1, -0.05) is 30.3 Å². The Morgan fingerprint density at radius 2 is 1.93 bits per heavy atom. The van der Waals surface area contributed by atoms with E-state index in [1.165, 1.54) is 6.08 Å². The molecule has 2 aromatic heterocycles. The number of nitrogens with zero attached hydrogens (tertiary/aromatic N) is 1. The van der Waals surface area contributed by atoms with Gasteiger partial charge in [0, 0.05) is 29.4 Å². The molecule has 0 spiro atoms. The molecule has 0 N–H and O–H groups in total. The third-order valence-electron chi connectivity index (χ3n) is 3.83. The van der Waals surface area contributed by atoms with Crippen molar-refractivity contribution in [3.63, 3.8) is 0 Å². The monoisotopic (exact) mass is 397 g/mol. The molecule has 6 heteroatoms. The second kappa shape index (κ2) is 9.30. The fourth-order valence-electron chi connectivity index (χ4n) is 2.39. The van der Waals surface area contributed by atoms with E-state index in [1.54, 1.807) is 40.7 Å². The van der Waals surface area contributed by atoms with Crippen LogP contribution in [0.25, 0.3) is 16.5 Å². The van der Waals surface area contributed by atoms with Gasteiger partial charge in [-0.15, -0.1) is 11.3 Å². The summed E-state index contributed by atoms with van der Waals surface area (Å²) in [5.74, 6) is -0.757. The molecule has 0 saturated heterocycles. The van der Waals surface area contributed by atoms with E-state index in [-0.39, 0.29) is 12.5 Å². The summed E-state index contributed by atoms with van der Waals surface area (Å²) in [6.45, 7) is 0.247. The topological polar surface area (TPSA) is 46.6 Å². The fraction of sp³-hybridized carbons (Fsp3) is 0.143. The van der Waals surface area contributed by atoms with Crippen LogP contribution in [0.2, 0.25) is 0 Å². The van der Waals surface area contributed by atoms with E-state index >= 15 is 0 Å². The Balaban J connectivity index is 1.47. The predicted octanol–water partition coefficient (Wildman–Crippen LogP) is 4.69. The van der Waals surface area contributed by atoms with Crippen LogP contribution in [0.1, 0.15) is 10.4 Å². The number of hydrogen-bond donors (Lipinski definition) is 0. The first-order valence-corrected chi connectivity index (χ1v) is 10.1. The van der Waals surface area contributed by atoms with Crippen molar-refractivity contribution >= 4 is 40.6 Å². The Labute approximate surface area is 166 Å². The van der Waals surface area contributed by atoms with Crippen LogP contribution >= 0.6 is 22.7 Å². The number of esters is 1. The molecule has 0 unspecified atom stereocenters. The highest BCUT2D eigenvalue weighted by Crippen LogP contribution is 2.28. The molecular weight excluding hydrogens is 378 g/mol. The summed E-state index contributed by atoms with van der Waals surface area (Å²) in [4.78, 5) is 27.5. The van der Waals surface area contributed by atoms with Crippen molar-refractivity contribution in [2.24, 2.45) is 0 Å². The molecule has 4 nitrogen and oxygen atoms in total. The van der Waals surface area contributed by atoms with Crippen LogP contribution in [0.4, 0.5) is 0 Å². The van der Waals surface area contributed by atoms with E-state index < -0.39 is 5.97 Å². The summed E-state index contributed by atoms with van der Waals surface area (Å²) in [5.41, 5.74) is 2.21. The number of benzene rings is 1. The van der Waals surface area contributed by atoms with Gasteiger partial charge in [-0.2, -0.15) is 11.3 Å². The van der Waals surface area contributed by atoms with E-state index in [1.807, 2.05) is 59.3 Å². The van der Waals surface area contributed by atoms with Crippen LogP contribution in [0, 0.1) is 0 Å². The number of likely N-dealkylation sites (N-methyl/N-ethyl adjacent to an activating group) is 1. The minimum atomic E-state index is -0.526. The number of hydrogen-bond acceptors (Lipinski definition) is 5. The molecule has 27 heavy (non-hydrogen) atoms. The number of rotatable bonds is 7. The number of carbonyl (C=O) groups excluding carboxylic acids is 2. The minimum absolute atomic E-state index is 0.231. The lowest BCUT2D eigenvalue weighted by molar-refractivity contribution is -0.147. The summed E-state index contributed by atoms with van der Waals surface area (Å²) in [5, 5.41) is 3.95. The number of amides is 1. The van der Waals surface area contributed by atoms with Gasteiger partial charge >= 0.3 is 5.97 Å². The average molecular weight is 398 g/mol. The summed E-state index contributed by atoms with van der Waals surface area (Å²) in [6, 6.07) is 16.0. The minimum Gasteiger partial charge on any atom is -0.452 e. The van der Waals surface area contributed by atoms with Crippen molar-refractivity contribution in [1.29, 1.82) is 0 Å². The van der Waals surface area contributed by atoms with Crippen molar-refractivity contribution in [3.8, 4) is 10.4 Å². The van der Waals surface area contributed by atoms with Gasteiger partial charge in [-0.05, 0) is 46.2 Å². The second-order valence-electron chi connectivity index (χ2n) is 5.89. The molecule has 0 radical (unpaired) electrons. The lowest BCUT2D eigenvalue weighted by atomic mass is 10.2. The first-order chi connectivity index (χ1) is 13.1. The molecule has 2 heterocycles. The van der Waals surface area contributed by atoms with Crippen molar-refractivity contribution in [3.05, 3.63) is 75.8 Å². The zero-order chi connectivity index (χ0) is 19.1. The Kier molecular flexibility index (Phi) is 6.57. The lowest BCUT2D eigenvalue weighted by Gasteiger charge is -2.15. The summed E-state index contributed by atoms with van der Waals surface area (Å²) >= 11 is 3.18. The molecule has 3 aromatic rings.